The largest absolute Gasteiger partial charge is 0.278 e. The van der Waals surface area contributed by atoms with Crippen LogP contribution in [0.2, 0.25) is 0 Å². The van der Waals surface area contributed by atoms with Gasteiger partial charge < -0.3 is 0 Å². The van der Waals surface area contributed by atoms with Crippen LogP contribution in [0.4, 0.5) is 0 Å². The van der Waals surface area contributed by atoms with E-state index < -0.39 is 0 Å². The highest BCUT2D eigenvalue weighted by Crippen LogP contribution is 2.40. The van der Waals surface area contributed by atoms with Crippen LogP contribution in [0.3, 0.4) is 0 Å². The second-order valence-electron chi connectivity index (χ2n) is 6.80. The molecule has 0 aliphatic heterocycles. The molecule has 4 rings (SSSR count). The minimum atomic E-state index is 0.193. The smallest absolute Gasteiger partial charge is 0.0671 e. The predicted octanol–water partition coefficient (Wildman–Crippen LogP) is 6.60. The molecule has 3 heteroatoms. The molecule has 25 heavy (non-hydrogen) atoms. The molecule has 0 amide bonds. The molecule has 3 unspecified atom stereocenters. The predicted molar refractivity (Wildman–Crippen MR) is 116 cm³/mol. The number of aryl methyl sites for hydroxylation is 1. The van der Waals surface area contributed by atoms with E-state index in [-0.39, 0.29) is 5.78 Å². The molecule has 0 radical (unpaired) electrons. The van der Waals surface area contributed by atoms with Gasteiger partial charge in [0.2, 0.25) is 0 Å². The van der Waals surface area contributed by atoms with Crippen molar-refractivity contribution in [2.24, 2.45) is 4.99 Å². The molecule has 2 aromatic carbocycles. The summed E-state index contributed by atoms with van der Waals surface area (Å²) in [4.78, 5) is 4.92. The highest BCUT2D eigenvalue weighted by molar-refractivity contribution is 7.26. The summed E-state index contributed by atoms with van der Waals surface area (Å²) in [5.41, 5.74) is 5.06. The molecular formula is C22H22NPS. The molecule has 3 aromatic rings. The van der Waals surface area contributed by atoms with Crippen molar-refractivity contribution in [1.82, 2.24) is 0 Å². The van der Waals surface area contributed by atoms with Crippen molar-refractivity contribution in [3.8, 4) is 0 Å². The van der Waals surface area contributed by atoms with Crippen LogP contribution in [0.15, 0.2) is 59.6 Å². The molecule has 1 heterocycles. The summed E-state index contributed by atoms with van der Waals surface area (Å²) in [6, 6.07) is 11.3. The van der Waals surface area contributed by atoms with Gasteiger partial charge in [0.05, 0.1) is 11.5 Å². The van der Waals surface area contributed by atoms with E-state index in [9.17, 15) is 0 Å². The number of nitrogens with zero attached hydrogens (tertiary/aromatic N) is 1. The van der Waals surface area contributed by atoms with Gasteiger partial charge in [-0.25, -0.2) is 0 Å². The number of aliphatic imine (C=N–C) groups is 1. The van der Waals surface area contributed by atoms with Crippen LogP contribution >= 0.6 is 20.6 Å². The molecule has 3 atom stereocenters. The van der Waals surface area contributed by atoms with E-state index in [4.69, 9.17) is 4.99 Å². The molecule has 1 aliphatic rings. The highest BCUT2D eigenvalue weighted by atomic mass is 32.1. The Kier molecular flexibility index (Phi) is 4.35. The Balaban J connectivity index is 2.13. The molecule has 0 N–H and O–H groups in total. The number of rotatable bonds is 1. The van der Waals surface area contributed by atoms with E-state index >= 15 is 0 Å². The molecule has 0 bridgehead atoms. The van der Waals surface area contributed by atoms with Gasteiger partial charge in [-0.15, -0.1) is 20.6 Å². The lowest BCUT2D eigenvalue weighted by atomic mass is 9.89. The van der Waals surface area contributed by atoms with Gasteiger partial charge in [-0.3, -0.25) is 4.99 Å². The van der Waals surface area contributed by atoms with E-state index in [2.05, 4.69) is 84.6 Å². The Hall–Kier alpha value is -1.76. The average molecular weight is 363 g/mol. The van der Waals surface area contributed by atoms with Gasteiger partial charge in [0.25, 0.3) is 0 Å². The monoisotopic (exact) mass is 363 g/mol. The van der Waals surface area contributed by atoms with Crippen LogP contribution in [0, 0.1) is 6.92 Å². The van der Waals surface area contributed by atoms with E-state index in [1.54, 1.807) is 0 Å². The first-order valence-corrected chi connectivity index (χ1v) is 10.2. The molecule has 126 valence electrons. The molecule has 0 saturated heterocycles. The summed E-state index contributed by atoms with van der Waals surface area (Å²) in [5.74, 6) is 0.569. The highest BCUT2D eigenvalue weighted by Gasteiger charge is 2.19. The number of hydrogen-bond donors (Lipinski definition) is 0. The fourth-order valence-corrected chi connectivity index (χ4v) is 5.02. The lowest BCUT2D eigenvalue weighted by Crippen LogP contribution is -2.08. The third-order valence-electron chi connectivity index (χ3n) is 4.68. The van der Waals surface area contributed by atoms with Crippen molar-refractivity contribution >= 4 is 46.5 Å². The molecule has 0 saturated carbocycles. The number of benzene rings is 2. The molecule has 1 nitrogen and oxygen atoms in total. The topological polar surface area (TPSA) is 12.4 Å². The molecule has 1 aromatic heterocycles. The van der Waals surface area contributed by atoms with E-state index in [1.807, 2.05) is 11.3 Å². The van der Waals surface area contributed by atoms with Crippen molar-refractivity contribution in [2.45, 2.75) is 32.5 Å². The van der Waals surface area contributed by atoms with Crippen LogP contribution in [0.25, 0.3) is 20.2 Å². The number of thiophene rings is 1. The maximum absolute atomic E-state index is 4.92. The Morgan fingerprint density at radius 2 is 1.92 bits per heavy atom. The summed E-state index contributed by atoms with van der Waals surface area (Å²) in [6.07, 6.45) is 8.66. The fourth-order valence-electron chi connectivity index (χ4n) is 3.50. The van der Waals surface area contributed by atoms with Gasteiger partial charge in [-0.2, -0.15) is 0 Å². The van der Waals surface area contributed by atoms with Crippen molar-refractivity contribution in [2.75, 3.05) is 0 Å². The van der Waals surface area contributed by atoms with Gasteiger partial charge in [0, 0.05) is 25.7 Å². The van der Waals surface area contributed by atoms with Gasteiger partial charge >= 0.3 is 0 Å². The minimum absolute atomic E-state index is 0.193. The summed E-state index contributed by atoms with van der Waals surface area (Å²) in [5, 5.41) is 2.69. The zero-order valence-corrected chi connectivity index (χ0v) is 16.8. The number of fused-ring (bicyclic) bond motifs is 5. The van der Waals surface area contributed by atoms with Crippen molar-refractivity contribution in [3.05, 3.63) is 71.3 Å². The second-order valence-corrected chi connectivity index (χ2v) is 8.81. The summed E-state index contributed by atoms with van der Waals surface area (Å²) < 4.78 is 2.71. The SMILES string of the molecule is Cc1ccc2c(c1)sc1c3c(ccc12)C(C)\C=C/C=C\C3=N\C(C)P. The van der Waals surface area contributed by atoms with Gasteiger partial charge in [0.15, 0.2) is 0 Å². The van der Waals surface area contributed by atoms with Crippen molar-refractivity contribution < 1.29 is 0 Å². The first-order valence-electron chi connectivity index (χ1n) is 8.69. The summed E-state index contributed by atoms with van der Waals surface area (Å²) in [7, 11) is 2.79. The average Bonchev–Trinajstić information content (AvgIpc) is 2.92. The zero-order chi connectivity index (χ0) is 17.6. The summed E-state index contributed by atoms with van der Waals surface area (Å²) >= 11 is 1.89. The Morgan fingerprint density at radius 1 is 1.12 bits per heavy atom. The molecular weight excluding hydrogens is 341 g/mol. The normalized spacial score (nSPS) is 22.6. The summed E-state index contributed by atoms with van der Waals surface area (Å²) in [6.45, 7) is 6.53. The molecule has 0 spiro atoms. The lowest BCUT2D eigenvalue weighted by molar-refractivity contribution is 0.964. The maximum atomic E-state index is 4.92. The molecule has 0 fully saturated rings. The fraction of sp³-hybridized carbons (Fsp3) is 0.227. The maximum Gasteiger partial charge on any atom is 0.0671 e. The van der Waals surface area contributed by atoms with Crippen LogP contribution < -0.4 is 0 Å². The third kappa shape index (κ3) is 2.99. The minimum Gasteiger partial charge on any atom is -0.278 e. The van der Waals surface area contributed by atoms with Crippen LogP contribution in [-0.4, -0.2) is 11.5 Å². The Bertz CT molecular complexity index is 1050. The quantitative estimate of drug-likeness (QED) is 0.432. The van der Waals surface area contributed by atoms with Gasteiger partial charge in [-0.1, -0.05) is 49.4 Å². The lowest BCUT2D eigenvalue weighted by Gasteiger charge is -2.17. The number of hydrogen-bond acceptors (Lipinski definition) is 2. The third-order valence-corrected chi connectivity index (χ3v) is 6.02. The Morgan fingerprint density at radius 3 is 2.72 bits per heavy atom. The van der Waals surface area contributed by atoms with Crippen LogP contribution in [-0.2, 0) is 0 Å². The van der Waals surface area contributed by atoms with Crippen molar-refractivity contribution in [3.63, 3.8) is 0 Å². The zero-order valence-electron chi connectivity index (χ0n) is 14.8. The van der Waals surface area contributed by atoms with Crippen LogP contribution in [0.5, 0.6) is 0 Å². The first kappa shape index (κ1) is 16.7. The molecule has 1 aliphatic carbocycles. The van der Waals surface area contributed by atoms with E-state index in [0.29, 0.717) is 5.92 Å². The van der Waals surface area contributed by atoms with Crippen molar-refractivity contribution in [1.29, 1.82) is 0 Å². The van der Waals surface area contributed by atoms with E-state index in [0.717, 1.165) is 5.71 Å². The Labute approximate surface area is 155 Å². The second kappa shape index (κ2) is 6.52. The van der Waals surface area contributed by atoms with Gasteiger partial charge in [-0.05, 0) is 43.0 Å². The van der Waals surface area contributed by atoms with E-state index in [1.165, 1.54) is 36.9 Å². The standard InChI is InChI=1S/C22H22NPS/c1-13-8-9-17-18-11-10-16-14(2)6-4-5-7-19(23-15(3)24)21(16)22(18)25-20(17)12-13/h4-12,14-15H,24H2,1-3H3/b6-4-,7-5-,23-19-. The number of allylic oxidation sites excluding steroid dienone is 4. The van der Waals surface area contributed by atoms with Gasteiger partial charge in [0.1, 0.15) is 0 Å². The van der Waals surface area contributed by atoms with Crippen LogP contribution in [0.1, 0.15) is 36.5 Å². The first-order chi connectivity index (χ1) is 12.0.